The smallest absolute Gasteiger partial charge is 0.310 e. The highest BCUT2D eigenvalue weighted by atomic mass is 19.2. The fourth-order valence-corrected chi connectivity index (χ4v) is 2.79. The molecule has 2 N–H and O–H groups in total. The van der Waals surface area contributed by atoms with Crippen molar-refractivity contribution in [1.29, 1.82) is 0 Å². The lowest BCUT2D eigenvalue weighted by atomic mass is 10.1. The summed E-state index contributed by atoms with van der Waals surface area (Å²) in [7, 11) is 0. The highest BCUT2D eigenvalue weighted by molar-refractivity contribution is 5.94. The van der Waals surface area contributed by atoms with Gasteiger partial charge in [0.2, 0.25) is 5.91 Å². The zero-order valence-corrected chi connectivity index (χ0v) is 15.1. The number of hydrogen-bond acceptors (Lipinski definition) is 4. The van der Waals surface area contributed by atoms with Crippen LogP contribution in [0.5, 0.6) is 0 Å². The maximum absolute atomic E-state index is 13.1. The van der Waals surface area contributed by atoms with Crippen molar-refractivity contribution >= 4 is 23.5 Å². The van der Waals surface area contributed by atoms with Gasteiger partial charge in [-0.15, -0.1) is 0 Å². The number of nitrogens with one attached hydrogen (secondary N) is 2. The molecule has 6 nitrogen and oxygen atoms in total. The zero-order chi connectivity index (χ0) is 21.0. The lowest BCUT2D eigenvalue weighted by Crippen LogP contribution is -2.35. The molecular weight excluding hydrogens is 389 g/mol. The third-order valence-electron chi connectivity index (χ3n) is 4.39. The molecule has 9 heteroatoms. The van der Waals surface area contributed by atoms with E-state index in [1.807, 2.05) is 0 Å². The van der Waals surface area contributed by atoms with Crippen LogP contribution in [0.4, 0.5) is 18.9 Å². The van der Waals surface area contributed by atoms with Crippen LogP contribution in [0, 0.1) is 23.4 Å². The number of amides is 2. The number of halogens is 3. The van der Waals surface area contributed by atoms with Gasteiger partial charge in [-0.3, -0.25) is 14.4 Å². The highest BCUT2D eigenvalue weighted by Crippen LogP contribution is 2.48. The number of benzene rings is 2. The normalized spacial score (nSPS) is 17.3. The average molecular weight is 406 g/mol. The molecule has 1 aliphatic carbocycles. The van der Waals surface area contributed by atoms with E-state index >= 15 is 0 Å². The Balaban J connectivity index is 1.36. The second-order valence-corrected chi connectivity index (χ2v) is 6.56. The molecule has 0 aromatic heterocycles. The van der Waals surface area contributed by atoms with E-state index in [0.29, 0.717) is 6.42 Å². The maximum atomic E-state index is 13.1. The number of carbonyl (C=O) groups excluding carboxylic acids is 3. The lowest BCUT2D eigenvalue weighted by molar-refractivity contribution is -0.149. The fraction of sp³-hybridized carbons (Fsp3) is 0.250. The van der Waals surface area contributed by atoms with Gasteiger partial charge in [0.25, 0.3) is 5.91 Å². The molecule has 2 amide bonds. The first-order valence-corrected chi connectivity index (χ1v) is 8.77. The fourth-order valence-electron chi connectivity index (χ4n) is 2.79. The van der Waals surface area contributed by atoms with E-state index in [9.17, 15) is 27.6 Å². The van der Waals surface area contributed by atoms with Crippen LogP contribution in [-0.4, -0.2) is 30.9 Å². The summed E-state index contributed by atoms with van der Waals surface area (Å²) >= 11 is 0. The van der Waals surface area contributed by atoms with E-state index in [-0.39, 0.29) is 23.3 Å². The molecule has 0 radical (unpaired) electrons. The molecule has 1 saturated carbocycles. The molecule has 2 aromatic carbocycles. The van der Waals surface area contributed by atoms with Crippen LogP contribution < -0.4 is 10.6 Å². The van der Waals surface area contributed by atoms with Gasteiger partial charge < -0.3 is 15.4 Å². The number of anilines is 1. The monoisotopic (exact) mass is 406 g/mol. The predicted molar refractivity (Wildman–Crippen MR) is 96.2 cm³/mol. The summed E-state index contributed by atoms with van der Waals surface area (Å²) in [6.45, 7) is -0.985. The standard InChI is InChI=1S/C20H17F3N2O4/c21-12-3-1-11(2-4-12)14-8-15(14)20(28)29-10-19(27)24-9-18(26)25-13-5-6-16(22)17(23)7-13/h1-7,14-15H,8-10H2,(H,24,27)(H,25,26). The minimum absolute atomic E-state index is 0.0372. The number of esters is 1. The molecule has 3 rings (SSSR count). The van der Waals surface area contributed by atoms with Crippen molar-refractivity contribution in [2.24, 2.45) is 5.92 Å². The van der Waals surface area contributed by atoms with Gasteiger partial charge in [0.15, 0.2) is 18.2 Å². The van der Waals surface area contributed by atoms with Crippen LogP contribution >= 0.6 is 0 Å². The van der Waals surface area contributed by atoms with Gasteiger partial charge in [-0.05, 0) is 42.2 Å². The summed E-state index contributed by atoms with van der Waals surface area (Å²) in [5.41, 5.74) is 0.863. The van der Waals surface area contributed by atoms with E-state index in [2.05, 4.69) is 10.6 Å². The topological polar surface area (TPSA) is 84.5 Å². The highest BCUT2D eigenvalue weighted by Gasteiger charge is 2.45. The van der Waals surface area contributed by atoms with Crippen LogP contribution in [0.25, 0.3) is 0 Å². The van der Waals surface area contributed by atoms with Crippen molar-refractivity contribution in [2.45, 2.75) is 12.3 Å². The zero-order valence-electron chi connectivity index (χ0n) is 15.1. The van der Waals surface area contributed by atoms with E-state index in [1.165, 1.54) is 18.2 Å². The Morgan fingerprint density at radius 3 is 2.38 bits per heavy atom. The summed E-state index contributed by atoms with van der Waals surface area (Å²) in [6.07, 6.45) is 0.558. The third-order valence-corrected chi connectivity index (χ3v) is 4.39. The van der Waals surface area contributed by atoms with Crippen molar-refractivity contribution < 1.29 is 32.3 Å². The second-order valence-electron chi connectivity index (χ2n) is 6.56. The Bertz CT molecular complexity index is 934. The van der Waals surface area contributed by atoms with Gasteiger partial charge in [-0.2, -0.15) is 0 Å². The third kappa shape index (κ3) is 5.56. The molecule has 29 heavy (non-hydrogen) atoms. The first-order chi connectivity index (χ1) is 13.8. The number of ether oxygens (including phenoxy) is 1. The summed E-state index contributed by atoms with van der Waals surface area (Å²) < 4.78 is 43.8. The molecule has 0 bridgehead atoms. The largest absolute Gasteiger partial charge is 0.455 e. The van der Waals surface area contributed by atoms with Crippen molar-refractivity contribution in [2.75, 3.05) is 18.5 Å². The van der Waals surface area contributed by atoms with Crippen molar-refractivity contribution in [1.82, 2.24) is 5.32 Å². The van der Waals surface area contributed by atoms with Gasteiger partial charge in [-0.1, -0.05) is 12.1 Å². The second kappa shape index (κ2) is 8.76. The molecular formula is C20H17F3N2O4. The minimum atomic E-state index is -1.11. The van der Waals surface area contributed by atoms with Gasteiger partial charge in [-0.25, -0.2) is 13.2 Å². The minimum Gasteiger partial charge on any atom is -0.455 e. The SMILES string of the molecule is O=C(COC(=O)C1CC1c1ccc(F)cc1)NCC(=O)Nc1ccc(F)c(F)c1. The van der Waals surface area contributed by atoms with Crippen molar-refractivity contribution in [3.05, 3.63) is 65.5 Å². The van der Waals surface area contributed by atoms with Crippen LogP contribution in [0.1, 0.15) is 17.9 Å². The Kier molecular flexibility index (Phi) is 6.16. The summed E-state index contributed by atoms with van der Waals surface area (Å²) in [6, 6.07) is 8.68. The molecule has 0 heterocycles. The molecule has 1 fully saturated rings. The number of hydrogen-bond donors (Lipinski definition) is 2. The Morgan fingerprint density at radius 1 is 0.966 bits per heavy atom. The van der Waals surface area contributed by atoms with Gasteiger partial charge in [0.05, 0.1) is 12.5 Å². The van der Waals surface area contributed by atoms with Crippen LogP contribution in [0.3, 0.4) is 0 Å². The van der Waals surface area contributed by atoms with Gasteiger partial charge in [0.1, 0.15) is 5.82 Å². The first-order valence-electron chi connectivity index (χ1n) is 8.77. The lowest BCUT2D eigenvalue weighted by Gasteiger charge is -2.08. The Hall–Kier alpha value is -3.36. The molecule has 0 aliphatic heterocycles. The van der Waals surface area contributed by atoms with Crippen molar-refractivity contribution in [3.63, 3.8) is 0 Å². The first kappa shape index (κ1) is 20.4. The Labute approximate surface area is 164 Å². The molecule has 152 valence electrons. The van der Waals surface area contributed by atoms with E-state index < -0.39 is 42.6 Å². The van der Waals surface area contributed by atoms with Crippen LogP contribution in [0.2, 0.25) is 0 Å². The average Bonchev–Trinajstić information content (AvgIpc) is 3.49. The molecule has 2 atom stereocenters. The van der Waals surface area contributed by atoms with E-state index in [0.717, 1.165) is 17.7 Å². The molecule has 0 spiro atoms. The van der Waals surface area contributed by atoms with Crippen LogP contribution in [0.15, 0.2) is 42.5 Å². The molecule has 0 saturated heterocycles. The van der Waals surface area contributed by atoms with Crippen molar-refractivity contribution in [3.8, 4) is 0 Å². The summed E-state index contributed by atoms with van der Waals surface area (Å²) in [5, 5.41) is 4.55. The quantitative estimate of drug-likeness (QED) is 0.692. The van der Waals surface area contributed by atoms with Gasteiger partial charge >= 0.3 is 5.97 Å². The predicted octanol–water partition coefficient (Wildman–Crippen LogP) is 2.51. The van der Waals surface area contributed by atoms with Gasteiger partial charge in [0, 0.05) is 11.8 Å². The maximum Gasteiger partial charge on any atom is 0.310 e. The number of carbonyl (C=O) groups is 3. The molecule has 2 aromatic rings. The summed E-state index contributed by atoms with van der Waals surface area (Å²) in [4.78, 5) is 35.4. The van der Waals surface area contributed by atoms with E-state index in [1.54, 1.807) is 12.1 Å². The van der Waals surface area contributed by atoms with Crippen LogP contribution in [-0.2, 0) is 19.1 Å². The molecule has 1 aliphatic rings. The summed E-state index contributed by atoms with van der Waals surface area (Å²) in [5.74, 6) is -4.85. The Morgan fingerprint density at radius 2 is 1.69 bits per heavy atom. The van der Waals surface area contributed by atoms with E-state index in [4.69, 9.17) is 4.74 Å². The number of rotatable bonds is 7. The molecule has 2 unspecified atom stereocenters.